The van der Waals surface area contributed by atoms with Gasteiger partial charge in [0.2, 0.25) is 0 Å². The Bertz CT molecular complexity index is 309. The first-order valence-corrected chi connectivity index (χ1v) is 4.76. The van der Waals surface area contributed by atoms with Crippen LogP contribution in [0.3, 0.4) is 0 Å². The summed E-state index contributed by atoms with van der Waals surface area (Å²) in [6.07, 6.45) is 0.0766. The zero-order valence-electron chi connectivity index (χ0n) is 7.63. The summed E-state index contributed by atoms with van der Waals surface area (Å²) in [5.41, 5.74) is 0.831. The Morgan fingerprint density at radius 3 is 2.92 bits per heavy atom. The molecule has 0 aliphatic rings. The average molecular weight is 200 g/mol. The molecule has 0 radical (unpaired) electrons. The minimum atomic E-state index is -0.803. The van der Waals surface area contributed by atoms with Crippen molar-refractivity contribution in [3.63, 3.8) is 0 Å². The Labute approximate surface area is 80.6 Å². The summed E-state index contributed by atoms with van der Waals surface area (Å²) < 4.78 is 0. The molecule has 1 aromatic heterocycles. The third-order valence-corrected chi connectivity index (χ3v) is 2.73. The summed E-state index contributed by atoms with van der Waals surface area (Å²) >= 11 is 1.46. The summed E-state index contributed by atoms with van der Waals surface area (Å²) in [5, 5.41) is 12.5. The van der Waals surface area contributed by atoms with Crippen molar-refractivity contribution >= 4 is 17.3 Å². The number of carboxylic acids is 1. The van der Waals surface area contributed by atoms with Crippen molar-refractivity contribution in [3.8, 4) is 0 Å². The van der Waals surface area contributed by atoms with Gasteiger partial charge in [0.1, 0.15) is 5.01 Å². The molecule has 5 heteroatoms. The van der Waals surface area contributed by atoms with Gasteiger partial charge in [0.25, 0.3) is 0 Å². The third kappa shape index (κ3) is 2.78. The van der Waals surface area contributed by atoms with Crippen LogP contribution in [0.1, 0.15) is 15.6 Å². The molecule has 0 atom stereocenters. The van der Waals surface area contributed by atoms with Gasteiger partial charge in [-0.1, -0.05) is 0 Å². The second kappa shape index (κ2) is 4.34. The van der Waals surface area contributed by atoms with Crippen molar-refractivity contribution in [2.45, 2.75) is 19.9 Å². The van der Waals surface area contributed by atoms with Gasteiger partial charge in [-0.2, -0.15) is 0 Å². The molecule has 0 bridgehead atoms. The quantitative estimate of drug-likeness (QED) is 0.754. The van der Waals surface area contributed by atoms with E-state index in [4.69, 9.17) is 5.11 Å². The average Bonchev–Trinajstić information content (AvgIpc) is 2.31. The van der Waals surface area contributed by atoms with Crippen LogP contribution >= 0.6 is 11.3 Å². The molecule has 0 spiro atoms. The third-order valence-electron chi connectivity index (χ3n) is 1.58. The highest BCUT2D eigenvalue weighted by atomic mass is 32.1. The molecule has 0 saturated heterocycles. The molecule has 0 aliphatic heterocycles. The van der Waals surface area contributed by atoms with Crippen molar-refractivity contribution in [3.05, 3.63) is 15.6 Å². The Balaban J connectivity index is 2.77. The lowest BCUT2D eigenvalue weighted by Gasteiger charge is -1.90. The fourth-order valence-electron chi connectivity index (χ4n) is 1.02. The largest absolute Gasteiger partial charge is 0.481 e. The first-order valence-electron chi connectivity index (χ1n) is 3.95. The molecule has 0 amide bonds. The molecule has 0 aromatic carbocycles. The van der Waals surface area contributed by atoms with Crippen LogP contribution in [0.15, 0.2) is 0 Å². The van der Waals surface area contributed by atoms with Crippen LogP contribution in [0.5, 0.6) is 0 Å². The summed E-state index contributed by atoms with van der Waals surface area (Å²) in [6, 6.07) is 0. The van der Waals surface area contributed by atoms with Gasteiger partial charge < -0.3 is 10.4 Å². The lowest BCUT2D eigenvalue weighted by atomic mass is 10.3. The van der Waals surface area contributed by atoms with Crippen LogP contribution in [-0.2, 0) is 17.8 Å². The molecule has 1 heterocycles. The molecule has 0 aliphatic carbocycles. The van der Waals surface area contributed by atoms with Gasteiger partial charge in [-0.05, 0) is 14.0 Å². The Morgan fingerprint density at radius 1 is 1.69 bits per heavy atom. The van der Waals surface area contributed by atoms with E-state index in [0.717, 1.165) is 15.6 Å². The molecule has 1 aromatic rings. The van der Waals surface area contributed by atoms with Crippen LogP contribution in [0, 0.1) is 6.92 Å². The van der Waals surface area contributed by atoms with Gasteiger partial charge in [-0.25, -0.2) is 4.98 Å². The predicted octanol–water partition coefficient (Wildman–Crippen LogP) is 0.798. The van der Waals surface area contributed by atoms with Crippen LogP contribution in [0.25, 0.3) is 0 Å². The number of aliphatic carboxylic acids is 1. The summed E-state index contributed by atoms with van der Waals surface area (Å²) in [5.74, 6) is -0.803. The second-order valence-electron chi connectivity index (χ2n) is 2.72. The lowest BCUT2D eigenvalue weighted by molar-refractivity contribution is -0.136. The van der Waals surface area contributed by atoms with Crippen molar-refractivity contribution in [2.75, 3.05) is 7.05 Å². The molecule has 0 unspecified atom stereocenters. The zero-order valence-corrected chi connectivity index (χ0v) is 8.44. The van der Waals surface area contributed by atoms with E-state index in [-0.39, 0.29) is 6.42 Å². The molecule has 2 N–H and O–H groups in total. The SMILES string of the molecule is CNCc1nc(C)c(CC(=O)O)s1. The van der Waals surface area contributed by atoms with Gasteiger partial charge in [-0.15, -0.1) is 11.3 Å². The smallest absolute Gasteiger partial charge is 0.308 e. The number of nitrogens with one attached hydrogen (secondary N) is 1. The minimum absolute atomic E-state index is 0.0766. The van der Waals surface area contributed by atoms with Gasteiger partial charge in [-0.3, -0.25) is 4.79 Å². The van der Waals surface area contributed by atoms with E-state index in [1.54, 1.807) is 0 Å². The first kappa shape index (κ1) is 10.1. The highest BCUT2D eigenvalue weighted by molar-refractivity contribution is 7.11. The van der Waals surface area contributed by atoms with E-state index in [1.165, 1.54) is 11.3 Å². The van der Waals surface area contributed by atoms with Crippen LogP contribution < -0.4 is 5.32 Å². The number of aromatic nitrogens is 1. The number of rotatable bonds is 4. The Hall–Kier alpha value is -0.940. The highest BCUT2D eigenvalue weighted by Crippen LogP contribution is 2.18. The molecule has 1 rings (SSSR count). The molecule has 13 heavy (non-hydrogen) atoms. The van der Waals surface area contributed by atoms with Crippen molar-refractivity contribution in [1.82, 2.24) is 10.3 Å². The maximum Gasteiger partial charge on any atom is 0.308 e. The van der Waals surface area contributed by atoms with Crippen LogP contribution in [0.4, 0.5) is 0 Å². The number of nitrogens with zero attached hydrogens (tertiary/aromatic N) is 1. The lowest BCUT2D eigenvalue weighted by Crippen LogP contribution is -2.04. The normalized spacial score (nSPS) is 10.3. The molecule has 0 fully saturated rings. The van der Waals surface area contributed by atoms with Crippen molar-refractivity contribution in [1.29, 1.82) is 0 Å². The summed E-state index contributed by atoms with van der Waals surface area (Å²) in [7, 11) is 1.84. The number of hydrogen-bond acceptors (Lipinski definition) is 4. The van der Waals surface area contributed by atoms with E-state index in [1.807, 2.05) is 14.0 Å². The number of carboxylic acid groups (broad SMARTS) is 1. The second-order valence-corrected chi connectivity index (χ2v) is 3.89. The fourth-order valence-corrected chi connectivity index (χ4v) is 2.09. The van der Waals surface area contributed by atoms with E-state index < -0.39 is 5.97 Å². The summed E-state index contributed by atoms with van der Waals surface area (Å²) in [4.78, 5) is 15.5. The molecule has 0 saturated carbocycles. The van der Waals surface area contributed by atoms with Crippen molar-refractivity contribution in [2.24, 2.45) is 0 Å². The van der Waals surface area contributed by atoms with Gasteiger partial charge in [0.15, 0.2) is 0 Å². The number of hydrogen-bond donors (Lipinski definition) is 2. The van der Waals surface area contributed by atoms with E-state index in [2.05, 4.69) is 10.3 Å². The first-order chi connectivity index (χ1) is 6.13. The van der Waals surface area contributed by atoms with E-state index in [9.17, 15) is 4.79 Å². The summed E-state index contributed by atoms with van der Waals surface area (Å²) in [6.45, 7) is 2.54. The topological polar surface area (TPSA) is 62.2 Å². The van der Waals surface area contributed by atoms with Gasteiger partial charge in [0.05, 0.1) is 12.1 Å². The predicted molar refractivity (Wildman–Crippen MR) is 51.0 cm³/mol. The molecular formula is C8H12N2O2S. The number of aryl methyl sites for hydroxylation is 1. The number of carbonyl (C=O) groups is 1. The van der Waals surface area contributed by atoms with Crippen molar-refractivity contribution < 1.29 is 9.90 Å². The monoisotopic (exact) mass is 200 g/mol. The minimum Gasteiger partial charge on any atom is -0.481 e. The Morgan fingerprint density at radius 2 is 2.38 bits per heavy atom. The van der Waals surface area contributed by atoms with Gasteiger partial charge in [0, 0.05) is 11.4 Å². The van der Waals surface area contributed by atoms with E-state index >= 15 is 0 Å². The fraction of sp³-hybridized carbons (Fsp3) is 0.500. The van der Waals surface area contributed by atoms with E-state index in [0.29, 0.717) is 6.54 Å². The standard InChI is InChI=1S/C8H12N2O2S/c1-5-6(3-8(11)12)13-7(10-5)4-9-2/h9H,3-4H2,1-2H3,(H,11,12). The van der Waals surface area contributed by atoms with Crippen LogP contribution in [-0.4, -0.2) is 23.1 Å². The maximum absolute atomic E-state index is 10.5. The molecule has 4 nitrogen and oxygen atoms in total. The van der Waals surface area contributed by atoms with Gasteiger partial charge >= 0.3 is 5.97 Å². The number of thiazole rings is 1. The van der Waals surface area contributed by atoms with Crippen LogP contribution in [0.2, 0.25) is 0 Å². The molecule has 72 valence electrons. The zero-order chi connectivity index (χ0) is 9.84. The highest BCUT2D eigenvalue weighted by Gasteiger charge is 2.09. The Kier molecular flexibility index (Phi) is 3.39. The molecular weight excluding hydrogens is 188 g/mol. The maximum atomic E-state index is 10.5.